The third-order valence-electron chi connectivity index (χ3n) is 5.50. The first-order valence-electron chi connectivity index (χ1n) is 10.6. The van der Waals surface area contributed by atoms with Crippen molar-refractivity contribution >= 4 is 21.6 Å². The van der Waals surface area contributed by atoms with E-state index in [1.165, 1.54) is 16.1 Å². The lowest BCUT2D eigenvalue weighted by atomic mass is 10.00. The molecule has 0 unspecified atom stereocenters. The number of carbonyl (C=O) groups excluding carboxylic acids is 1. The smallest absolute Gasteiger partial charge is 0.251 e. The molecule has 1 N–H and O–H groups in total. The predicted molar refractivity (Wildman–Crippen MR) is 130 cm³/mol. The summed E-state index contributed by atoms with van der Waals surface area (Å²) in [4.78, 5) is 12.8. The number of carbonyl (C=O) groups is 1. The largest absolute Gasteiger partial charge is 0.346 e. The minimum Gasteiger partial charge on any atom is -0.346 e. The number of sulfonamides is 1. The summed E-state index contributed by atoms with van der Waals surface area (Å²) in [5, 5.41) is 3.03. The van der Waals surface area contributed by atoms with E-state index in [9.17, 15) is 13.2 Å². The molecule has 3 aromatic rings. The highest BCUT2D eigenvalue weighted by Crippen LogP contribution is 2.23. The second-order valence-corrected chi connectivity index (χ2v) is 10.3. The molecule has 0 fully saturated rings. The zero-order valence-electron chi connectivity index (χ0n) is 19.2. The van der Waals surface area contributed by atoms with Crippen molar-refractivity contribution in [2.24, 2.45) is 0 Å². The Labute approximate surface area is 191 Å². The second-order valence-electron chi connectivity index (χ2n) is 8.36. The number of rotatable bonds is 7. The topological polar surface area (TPSA) is 66.5 Å². The van der Waals surface area contributed by atoms with E-state index in [-0.39, 0.29) is 18.5 Å². The van der Waals surface area contributed by atoms with Crippen LogP contribution in [0, 0.1) is 20.8 Å². The third-order valence-corrected chi connectivity index (χ3v) is 6.64. The Morgan fingerprint density at radius 3 is 2.06 bits per heavy atom. The molecule has 168 valence electrons. The van der Waals surface area contributed by atoms with Gasteiger partial charge in [-0.15, -0.1) is 0 Å². The molecule has 3 aromatic carbocycles. The van der Waals surface area contributed by atoms with Crippen molar-refractivity contribution in [3.8, 4) is 0 Å². The van der Waals surface area contributed by atoms with Crippen molar-refractivity contribution in [1.29, 1.82) is 0 Å². The Hall–Kier alpha value is -3.12. The SMILES string of the molecule is Cc1ccc(CN(c2ccc(C(=O)N[C@@H](C)c3ccc(C)cc3C)cc2)S(C)(=O)=O)cc1. The van der Waals surface area contributed by atoms with Gasteiger partial charge in [-0.05, 0) is 68.7 Å². The minimum atomic E-state index is -3.49. The number of hydrogen-bond acceptors (Lipinski definition) is 3. The molecule has 0 aliphatic carbocycles. The number of nitrogens with one attached hydrogen (secondary N) is 1. The number of aryl methyl sites for hydroxylation is 3. The number of nitrogens with zero attached hydrogens (tertiary/aromatic N) is 1. The number of benzene rings is 3. The average Bonchev–Trinajstić information content (AvgIpc) is 2.72. The molecule has 0 aromatic heterocycles. The van der Waals surface area contributed by atoms with E-state index in [4.69, 9.17) is 0 Å². The molecular weight excluding hydrogens is 420 g/mol. The Morgan fingerprint density at radius 1 is 0.906 bits per heavy atom. The summed E-state index contributed by atoms with van der Waals surface area (Å²) in [6.07, 6.45) is 1.19. The van der Waals surface area contributed by atoms with Crippen LogP contribution in [-0.2, 0) is 16.6 Å². The van der Waals surface area contributed by atoms with Crippen molar-refractivity contribution in [3.63, 3.8) is 0 Å². The molecule has 6 heteroatoms. The first-order chi connectivity index (χ1) is 15.0. The van der Waals surface area contributed by atoms with Gasteiger partial charge in [-0.1, -0.05) is 53.6 Å². The van der Waals surface area contributed by atoms with Gasteiger partial charge in [0.25, 0.3) is 5.91 Å². The zero-order chi connectivity index (χ0) is 23.5. The van der Waals surface area contributed by atoms with E-state index >= 15 is 0 Å². The molecule has 0 heterocycles. The predicted octanol–water partition coefficient (Wildman–Crippen LogP) is 5.07. The van der Waals surface area contributed by atoms with Crippen LogP contribution in [0.25, 0.3) is 0 Å². The lowest BCUT2D eigenvalue weighted by Crippen LogP contribution is -2.30. The molecule has 1 amide bonds. The minimum absolute atomic E-state index is 0.142. The van der Waals surface area contributed by atoms with Crippen LogP contribution in [0.4, 0.5) is 5.69 Å². The molecule has 5 nitrogen and oxygen atoms in total. The van der Waals surface area contributed by atoms with E-state index in [1.54, 1.807) is 24.3 Å². The summed E-state index contributed by atoms with van der Waals surface area (Å²) < 4.78 is 26.2. The maximum atomic E-state index is 12.8. The van der Waals surface area contributed by atoms with E-state index in [2.05, 4.69) is 11.4 Å². The number of anilines is 1. The maximum absolute atomic E-state index is 12.8. The highest BCUT2D eigenvalue weighted by Gasteiger charge is 2.19. The van der Waals surface area contributed by atoms with Crippen LogP contribution in [0.2, 0.25) is 0 Å². The lowest BCUT2D eigenvalue weighted by molar-refractivity contribution is 0.0940. The van der Waals surface area contributed by atoms with Crippen molar-refractivity contribution in [2.75, 3.05) is 10.6 Å². The van der Waals surface area contributed by atoms with E-state index in [0.717, 1.165) is 22.3 Å². The van der Waals surface area contributed by atoms with Gasteiger partial charge in [0.05, 0.1) is 24.5 Å². The summed E-state index contributed by atoms with van der Waals surface area (Å²) >= 11 is 0. The number of hydrogen-bond donors (Lipinski definition) is 1. The highest BCUT2D eigenvalue weighted by molar-refractivity contribution is 7.92. The first kappa shape index (κ1) is 23.5. The van der Waals surface area contributed by atoms with E-state index < -0.39 is 10.0 Å². The Kier molecular flexibility index (Phi) is 7.04. The van der Waals surface area contributed by atoms with Gasteiger partial charge in [-0.3, -0.25) is 9.10 Å². The Balaban J connectivity index is 1.76. The molecule has 0 radical (unpaired) electrons. The monoisotopic (exact) mass is 450 g/mol. The van der Waals surface area contributed by atoms with Crippen LogP contribution >= 0.6 is 0 Å². The van der Waals surface area contributed by atoms with Crippen molar-refractivity contribution in [3.05, 3.63) is 100 Å². The van der Waals surface area contributed by atoms with Gasteiger partial charge in [-0.25, -0.2) is 8.42 Å². The number of amides is 1. The van der Waals surface area contributed by atoms with Gasteiger partial charge in [0.2, 0.25) is 10.0 Å². The fraction of sp³-hybridized carbons (Fsp3) is 0.269. The van der Waals surface area contributed by atoms with Gasteiger partial charge in [-0.2, -0.15) is 0 Å². The van der Waals surface area contributed by atoms with Gasteiger partial charge in [0.1, 0.15) is 0 Å². The fourth-order valence-electron chi connectivity index (χ4n) is 3.71. The average molecular weight is 451 g/mol. The van der Waals surface area contributed by atoms with E-state index in [1.807, 2.05) is 64.1 Å². The molecule has 0 aliphatic heterocycles. The third kappa shape index (κ3) is 5.77. The molecule has 3 rings (SSSR count). The normalized spacial score (nSPS) is 12.3. The second kappa shape index (κ2) is 9.57. The molecule has 0 aliphatic rings. The highest BCUT2D eigenvalue weighted by atomic mass is 32.2. The Bertz CT molecular complexity index is 1200. The van der Waals surface area contributed by atoms with Gasteiger partial charge >= 0.3 is 0 Å². The van der Waals surface area contributed by atoms with Crippen LogP contribution in [0.15, 0.2) is 66.7 Å². The molecular formula is C26H30N2O3S. The van der Waals surface area contributed by atoms with Crippen molar-refractivity contribution in [2.45, 2.75) is 40.3 Å². The van der Waals surface area contributed by atoms with E-state index in [0.29, 0.717) is 11.3 Å². The van der Waals surface area contributed by atoms with Crippen molar-refractivity contribution in [1.82, 2.24) is 5.32 Å². The summed E-state index contributed by atoms with van der Waals surface area (Å²) in [5.74, 6) is -0.200. The van der Waals surface area contributed by atoms with Crippen LogP contribution in [0.5, 0.6) is 0 Å². The standard InChI is InChI=1S/C26H30N2O3S/c1-18-6-9-22(10-7-18)17-28(32(5,30)31)24-13-11-23(12-14-24)26(29)27-21(4)25-15-8-19(2)16-20(25)3/h6-16,21H,17H2,1-5H3,(H,27,29)/t21-/m0/s1. The van der Waals surface area contributed by atoms with Crippen LogP contribution in [-0.4, -0.2) is 20.6 Å². The molecule has 0 saturated heterocycles. The van der Waals surface area contributed by atoms with Crippen molar-refractivity contribution < 1.29 is 13.2 Å². The molecule has 0 saturated carbocycles. The zero-order valence-corrected chi connectivity index (χ0v) is 20.0. The molecule has 0 bridgehead atoms. The van der Waals surface area contributed by atoms with Crippen LogP contribution < -0.4 is 9.62 Å². The summed E-state index contributed by atoms with van der Waals surface area (Å²) in [7, 11) is -3.49. The summed E-state index contributed by atoms with van der Waals surface area (Å²) in [5.41, 5.74) is 6.40. The molecule has 1 atom stereocenters. The fourth-order valence-corrected chi connectivity index (χ4v) is 4.60. The van der Waals surface area contributed by atoms with Gasteiger partial charge in [0, 0.05) is 5.56 Å². The maximum Gasteiger partial charge on any atom is 0.251 e. The molecule has 0 spiro atoms. The van der Waals surface area contributed by atoms with Gasteiger partial charge in [0.15, 0.2) is 0 Å². The van der Waals surface area contributed by atoms with Crippen LogP contribution in [0.1, 0.15) is 51.1 Å². The molecule has 32 heavy (non-hydrogen) atoms. The lowest BCUT2D eigenvalue weighted by Gasteiger charge is -2.23. The first-order valence-corrected chi connectivity index (χ1v) is 12.4. The summed E-state index contributed by atoms with van der Waals surface area (Å²) in [6.45, 7) is 8.25. The quantitative estimate of drug-likeness (QED) is 0.547. The summed E-state index contributed by atoms with van der Waals surface area (Å²) in [6, 6.07) is 20.4. The van der Waals surface area contributed by atoms with Gasteiger partial charge < -0.3 is 5.32 Å². The Morgan fingerprint density at radius 2 is 1.50 bits per heavy atom. The van der Waals surface area contributed by atoms with Crippen LogP contribution in [0.3, 0.4) is 0 Å².